The molecular formula is C18H23BrOSi. The summed E-state index contributed by atoms with van der Waals surface area (Å²) in [6.07, 6.45) is 3.23. The minimum Gasteiger partial charge on any atom is -0.497 e. The number of benzene rings is 1. The summed E-state index contributed by atoms with van der Waals surface area (Å²) < 4.78 is 6.28. The van der Waals surface area contributed by atoms with Crippen molar-refractivity contribution in [3.63, 3.8) is 0 Å². The summed E-state index contributed by atoms with van der Waals surface area (Å²) >= 11 is 3.59. The zero-order chi connectivity index (χ0) is 15.9. The zero-order valence-corrected chi connectivity index (χ0v) is 16.1. The summed E-state index contributed by atoms with van der Waals surface area (Å²) in [5.41, 5.74) is 5.32. The lowest BCUT2D eigenvalue weighted by Crippen LogP contribution is -2.16. The molecule has 0 amide bonds. The molecule has 0 aliphatic carbocycles. The van der Waals surface area contributed by atoms with E-state index < -0.39 is 8.07 Å². The van der Waals surface area contributed by atoms with E-state index in [1.54, 1.807) is 7.11 Å². The molecule has 0 aliphatic rings. The van der Waals surface area contributed by atoms with Gasteiger partial charge in [0, 0.05) is 16.5 Å². The molecule has 0 atom stereocenters. The molecule has 1 aromatic carbocycles. The van der Waals surface area contributed by atoms with Gasteiger partial charge in [-0.15, -0.1) is 5.54 Å². The summed E-state index contributed by atoms with van der Waals surface area (Å²) in [7, 11) is 0.253. The Kier molecular flexibility index (Phi) is 7.09. The lowest BCUT2D eigenvalue weighted by atomic mass is 10.1. The average Bonchev–Trinajstić information content (AvgIpc) is 2.41. The monoisotopic (exact) mass is 362 g/mol. The molecule has 0 aliphatic heterocycles. The van der Waals surface area contributed by atoms with Crippen LogP contribution in [0.1, 0.15) is 37.3 Å². The van der Waals surface area contributed by atoms with Gasteiger partial charge >= 0.3 is 0 Å². The Balaban J connectivity index is 3.25. The highest BCUT2D eigenvalue weighted by atomic mass is 79.9. The first-order valence-electron chi connectivity index (χ1n) is 7.27. The smallest absolute Gasteiger partial charge is 0.129 e. The highest BCUT2D eigenvalue weighted by molar-refractivity contribution is 9.10. The highest BCUT2D eigenvalue weighted by Crippen LogP contribution is 2.26. The molecule has 0 saturated heterocycles. The van der Waals surface area contributed by atoms with Gasteiger partial charge in [-0.25, -0.2) is 0 Å². The van der Waals surface area contributed by atoms with E-state index >= 15 is 0 Å². The lowest BCUT2D eigenvalue weighted by molar-refractivity contribution is 0.414. The van der Waals surface area contributed by atoms with Crippen LogP contribution in [0.2, 0.25) is 19.6 Å². The number of halogens is 1. The summed E-state index contributed by atoms with van der Waals surface area (Å²) in [6.45, 7) is 8.89. The topological polar surface area (TPSA) is 9.23 Å². The summed E-state index contributed by atoms with van der Waals surface area (Å²) in [4.78, 5) is 0. The van der Waals surface area contributed by atoms with Crippen LogP contribution in [0.3, 0.4) is 0 Å². The number of rotatable bonds is 3. The van der Waals surface area contributed by atoms with Gasteiger partial charge in [-0.1, -0.05) is 50.7 Å². The van der Waals surface area contributed by atoms with Crippen LogP contribution in [0.4, 0.5) is 0 Å². The Labute approximate surface area is 138 Å². The first-order chi connectivity index (χ1) is 9.87. The van der Waals surface area contributed by atoms with Crippen LogP contribution in [0.25, 0.3) is 0 Å². The number of hydrogen-bond donors (Lipinski definition) is 0. The van der Waals surface area contributed by atoms with Crippen LogP contribution < -0.4 is 4.74 Å². The molecule has 0 bridgehead atoms. The molecule has 0 N–H and O–H groups in total. The second-order valence-corrected chi connectivity index (χ2v) is 11.5. The Morgan fingerprint density at radius 3 is 2.48 bits per heavy atom. The molecule has 0 spiro atoms. The van der Waals surface area contributed by atoms with Crippen LogP contribution in [-0.2, 0) is 0 Å². The van der Waals surface area contributed by atoms with E-state index in [-0.39, 0.29) is 0 Å². The van der Waals surface area contributed by atoms with E-state index in [0.29, 0.717) is 0 Å². The average molecular weight is 363 g/mol. The van der Waals surface area contributed by atoms with Gasteiger partial charge in [-0.3, -0.25) is 0 Å². The second kappa shape index (κ2) is 8.32. The van der Waals surface area contributed by atoms with Crippen molar-refractivity contribution >= 4 is 24.0 Å². The molecule has 0 saturated carbocycles. The van der Waals surface area contributed by atoms with Gasteiger partial charge in [0.2, 0.25) is 0 Å². The van der Waals surface area contributed by atoms with Crippen molar-refractivity contribution in [3.05, 3.63) is 27.7 Å². The number of ether oxygens (including phenoxy) is 1. The highest BCUT2D eigenvalue weighted by Gasteiger charge is 2.10. The number of methoxy groups -OCH3 is 1. The van der Waals surface area contributed by atoms with E-state index in [0.717, 1.165) is 34.2 Å². The fourth-order valence-electron chi connectivity index (χ4n) is 1.60. The third kappa shape index (κ3) is 6.42. The van der Waals surface area contributed by atoms with Crippen LogP contribution >= 0.6 is 15.9 Å². The summed E-state index contributed by atoms with van der Waals surface area (Å²) in [5, 5.41) is 0. The van der Waals surface area contributed by atoms with E-state index in [1.165, 1.54) is 6.42 Å². The first kappa shape index (κ1) is 17.9. The second-order valence-electron chi connectivity index (χ2n) is 5.94. The van der Waals surface area contributed by atoms with Crippen LogP contribution in [-0.4, -0.2) is 15.2 Å². The van der Waals surface area contributed by atoms with Crippen molar-refractivity contribution < 1.29 is 4.74 Å². The Bertz CT molecular complexity index is 606. The fourth-order valence-corrected chi connectivity index (χ4v) is 2.64. The third-order valence-electron chi connectivity index (χ3n) is 2.74. The quantitative estimate of drug-likeness (QED) is 0.406. The van der Waals surface area contributed by atoms with Crippen molar-refractivity contribution in [2.75, 3.05) is 7.11 Å². The predicted octanol–water partition coefficient (Wildman–Crippen LogP) is 5.23. The van der Waals surface area contributed by atoms with Crippen LogP contribution in [0, 0.1) is 23.3 Å². The van der Waals surface area contributed by atoms with Crippen molar-refractivity contribution in [2.45, 2.75) is 45.8 Å². The molecule has 21 heavy (non-hydrogen) atoms. The van der Waals surface area contributed by atoms with Crippen LogP contribution in [0.15, 0.2) is 16.6 Å². The van der Waals surface area contributed by atoms with Gasteiger partial charge in [0.25, 0.3) is 0 Å². The van der Waals surface area contributed by atoms with E-state index in [2.05, 4.69) is 65.8 Å². The molecule has 3 heteroatoms. The van der Waals surface area contributed by atoms with Crippen molar-refractivity contribution in [1.29, 1.82) is 0 Å². The van der Waals surface area contributed by atoms with Gasteiger partial charge in [0.15, 0.2) is 0 Å². The Morgan fingerprint density at radius 1 is 1.19 bits per heavy atom. The van der Waals surface area contributed by atoms with E-state index in [1.807, 2.05) is 12.1 Å². The maximum atomic E-state index is 5.33. The molecular weight excluding hydrogens is 340 g/mol. The molecule has 0 fully saturated rings. The molecule has 0 unspecified atom stereocenters. The summed E-state index contributed by atoms with van der Waals surface area (Å²) in [6, 6.07) is 3.92. The van der Waals surface area contributed by atoms with Crippen molar-refractivity contribution in [2.24, 2.45) is 0 Å². The predicted molar refractivity (Wildman–Crippen MR) is 97.3 cm³/mol. The maximum absolute atomic E-state index is 5.33. The molecule has 0 aromatic heterocycles. The van der Waals surface area contributed by atoms with E-state index in [4.69, 9.17) is 4.74 Å². The standard InChI is InChI=1S/C18H23BrOSi/c1-6-7-8-9-10-17-15(11-12-21(3,4)5)13-16(20-2)14-18(17)19/h13-14H,6-8H2,1-5H3. The minimum absolute atomic E-state index is 0.806. The zero-order valence-electron chi connectivity index (χ0n) is 13.6. The van der Waals surface area contributed by atoms with Gasteiger partial charge in [-0.05, 0) is 34.5 Å². The third-order valence-corrected chi connectivity index (χ3v) is 4.24. The van der Waals surface area contributed by atoms with Gasteiger partial charge < -0.3 is 4.74 Å². The Morgan fingerprint density at radius 2 is 1.90 bits per heavy atom. The number of unbranched alkanes of at least 4 members (excludes halogenated alkanes) is 2. The largest absolute Gasteiger partial charge is 0.497 e. The van der Waals surface area contributed by atoms with Crippen molar-refractivity contribution in [1.82, 2.24) is 0 Å². The normalized spacial score (nSPS) is 10.2. The molecule has 1 nitrogen and oxygen atoms in total. The minimum atomic E-state index is -1.42. The molecule has 1 rings (SSSR count). The number of hydrogen-bond acceptors (Lipinski definition) is 1. The lowest BCUT2D eigenvalue weighted by Gasteiger charge is -2.07. The van der Waals surface area contributed by atoms with E-state index in [9.17, 15) is 0 Å². The van der Waals surface area contributed by atoms with Gasteiger partial charge in [0.05, 0.1) is 12.7 Å². The molecule has 0 radical (unpaired) electrons. The molecule has 112 valence electrons. The van der Waals surface area contributed by atoms with Gasteiger partial charge in [-0.2, -0.15) is 0 Å². The molecule has 0 heterocycles. The maximum Gasteiger partial charge on any atom is 0.129 e. The van der Waals surface area contributed by atoms with Gasteiger partial charge in [0.1, 0.15) is 13.8 Å². The molecule has 1 aromatic rings. The SMILES string of the molecule is CCCCC#Cc1c(Br)cc(OC)cc1C#C[Si](C)(C)C. The fraction of sp³-hybridized carbons (Fsp3) is 0.444. The Hall–Kier alpha value is -1.16. The van der Waals surface area contributed by atoms with Crippen LogP contribution in [0.5, 0.6) is 5.75 Å². The summed E-state index contributed by atoms with van der Waals surface area (Å²) in [5.74, 6) is 10.6. The van der Waals surface area contributed by atoms with Crippen molar-refractivity contribution in [3.8, 4) is 29.1 Å². The first-order valence-corrected chi connectivity index (χ1v) is 11.6.